The van der Waals surface area contributed by atoms with Crippen LogP contribution in [0.4, 0.5) is 0 Å². The Morgan fingerprint density at radius 1 is 1.11 bits per heavy atom. The lowest BCUT2D eigenvalue weighted by Gasteiger charge is -2.25. The largest absolute Gasteiger partial charge is 0.493 e. The molecular weight excluding hydrogens is 344 g/mol. The average molecular weight is 379 g/mol. The maximum atomic E-state index is 5.42. The van der Waals surface area contributed by atoms with Gasteiger partial charge in [0.1, 0.15) is 0 Å². The lowest BCUT2D eigenvalue weighted by atomic mass is 10.1. The predicted molar refractivity (Wildman–Crippen MR) is 109 cm³/mol. The van der Waals surface area contributed by atoms with Crippen molar-refractivity contribution in [1.29, 1.82) is 0 Å². The molecule has 27 heavy (non-hydrogen) atoms. The summed E-state index contributed by atoms with van der Waals surface area (Å²) in [5.74, 6) is 3.49. The second-order valence-electron chi connectivity index (χ2n) is 6.98. The summed E-state index contributed by atoms with van der Waals surface area (Å²) in [6.07, 6.45) is 2.65. The number of methoxy groups -OCH3 is 3. The quantitative estimate of drug-likeness (QED) is 0.480. The van der Waals surface area contributed by atoms with Gasteiger partial charge in [-0.2, -0.15) is 0 Å². The fourth-order valence-corrected chi connectivity index (χ4v) is 3.19. The van der Waals surface area contributed by atoms with Gasteiger partial charge in [-0.1, -0.05) is 0 Å². The first-order valence-corrected chi connectivity index (χ1v) is 9.51. The van der Waals surface area contributed by atoms with Gasteiger partial charge in [-0.05, 0) is 57.5 Å². The topological polar surface area (TPSA) is 67.4 Å². The van der Waals surface area contributed by atoms with Crippen LogP contribution in [0.25, 0.3) is 0 Å². The van der Waals surface area contributed by atoms with Crippen molar-refractivity contribution in [1.82, 2.24) is 15.5 Å². The van der Waals surface area contributed by atoms with E-state index in [1.165, 1.54) is 12.8 Å². The number of hydrogen-bond acceptors (Lipinski definition) is 5. The van der Waals surface area contributed by atoms with E-state index in [1.807, 2.05) is 12.1 Å². The van der Waals surface area contributed by atoms with Crippen molar-refractivity contribution >= 4 is 5.96 Å². The third kappa shape index (κ3) is 5.92. The highest BCUT2D eigenvalue weighted by molar-refractivity contribution is 5.79. The molecule has 1 aromatic carbocycles. The summed E-state index contributed by atoms with van der Waals surface area (Å²) in [4.78, 5) is 7.02. The van der Waals surface area contributed by atoms with Gasteiger partial charge in [-0.3, -0.25) is 0 Å². The predicted octanol–water partition coefficient (Wildman–Crippen LogP) is 2.11. The Hall–Kier alpha value is -2.15. The molecule has 2 N–H and O–H groups in total. The van der Waals surface area contributed by atoms with Crippen molar-refractivity contribution in [2.75, 3.05) is 48.5 Å². The molecule has 1 aliphatic carbocycles. The first-order valence-electron chi connectivity index (χ1n) is 9.51. The summed E-state index contributed by atoms with van der Waals surface area (Å²) in [6, 6.07) is 4.40. The van der Waals surface area contributed by atoms with Crippen molar-refractivity contribution in [3.63, 3.8) is 0 Å². The molecule has 1 aromatic rings. The van der Waals surface area contributed by atoms with E-state index in [0.29, 0.717) is 29.8 Å². The number of ether oxygens (including phenoxy) is 3. The summed E-state index contributed by atoms with van der Waals surface area (Å²) in [6.45, 7) is 4.29. The molecule has 7 heteroatoms. The zero-order valence-electron chi connectivity index (χ0n) is 17.5. The molecule has 0 aromatic heterocycles. The Labute approximate surface area is 163 Å². The number of aliphatic imine (C=N–C) groups is 1. The molecule has 1 unspecified atom stereocenters. The molecule has 1 aliphatic rings. The van der Waals surface area contributed by atoms with Crippen molar-refractivity contribution in [2.24, 2.45) is 10.9 Å². The highest BCUT2D eigenvalue weighted by atomic mass is 16.5. The molecule has 0 spiro atoms. The number of likely N-dealkylation sites (N-methyl/N-ethyl adjacent to an activating group) is 1. The van der Waals surface area contributed by atoms with E-state index in [0.717, 1.165) is 30.5 Å². The number of benzene rings is 1. The summed E-state index contributed by atoms with van der Waals surface area (Å²) >= 11 is 0. The van der Waals surface area contributed by atoms with Crippen LogP contribution >= 0.6 is 0 Å². The molecule has 0 saturated heterocycles. The van der Waals surface area contributed by atoms with Crippen LogP contribution in [-0.4, -0.2) is 65.4 Å². The second kappa shape index (κ2) is 10.3. The maximum absolute atomic E-state index is 5.42. The molecular formula is C20H34N4O3. The lowest BCUT2D eigenvalue weighted by Crippen LogP contribution is -2.46. The van der Waals surface area contributed by atoms with Gasteiger partial charge >= 0.3 is 0 Å². The molecule has 1 atom stereocenters. The zero-order valence-corrected chi connectivity index (χ0v) is 17.5. The number of rotatable bonds is 10. The zero-order chi connectivity index (χ0) is 19.8. The van der Waals surface area contributed by atoms with Gasteiger partial charge in [0.15, 0.2) is 17.5 Å². The van der Waals surface area contributed by atoms with Gasteiger partial charge in [0.25, 0.3) is 0 Å². The molecule has 0 amide bonds. The Bertz CT molecular complexity index is 603. The van der Waals surface area contributed by atoms with Gasteiger partial charge in [0.05, 0.1) is 27.9 Å². The average Bonchev–Trinajstić information content (AvgIpc) is 3.49. The molecule has 1 fully saturated rings. The fraction of sp³-hybridized carbons (Fsp3) is 0.650. The van der Waals surface area contributed by atoms with Crippen molar-refractivity contribution in [3.8, 4) is 17.2 Å². The second-order valence-corrected chi connectivity index (χ2v) is 6.98. The van der Waals surface area contributed by atoms with E-state index >= 15 is 0 Å². The van der Waals surface area contributed by atoms with Gasteiger partial charge in [-0.15, -0.1) is 0 Å². The van der Waals surface area contributed by atoms with Gasteiger partial charge < -0.3 is 29.7 Å². The molecule has 0 heterocycles. The van der Waals surface area contributed by atoms with Crippen molar-refractivity contribution in [3.05, 3.63) is 17.7 Å². The third-order valence-electron chi connectivity index (χ3n) is 4.80. The SMILES string of the molecule is CCNC(=NCc1cc(OC)c(OC)c(OC)c1)NCC(C1CC1)N(C)C. The van der Waals surface area contributed by atoms with Crippen LogP contribution < -0.4 is 24.8 Å². The summed E-state index contributed by atoms with van der Waals surface area (Å²) in [5.41, 5.74) is 0.994. The summed E-state index contributed by atoms with van der Waals surface area (Å²) < 4.78 is 16.2. The first-order chi connectivity index (χ1) is 13.0. The van der Waals surface area contributed by atoms with Crippen LogP contribution in [0.15, 0.2) is 17.1 Å². The summed E-state index contributed by atoms with van der Waals surface area (Å²) in [7, 11) is 9.13. The Morgan fingerprint density at radius 2 is 1.74 bits per heavy atom. The highest BCUT2D eigenvalue weighted by Crippen LogP contribution is 2.38. The van der Waals surface area contributed by atoms with Crippen LogP contribution in [0.1, 0.15) is 25.3 Å². The van der Waals surface area contributed by atoms with E-state index in [9.17, 15) is 0 Å². The van der Waals surface area contributed by atoms with E-state index < -0.39 is 0 Å². The Kier molecular flexibility index (Phi) is 8.03. The van der Waals surface area contributed by atoms with Gasteiger partial charge in [-0.25, -0.2) is 4.99 Å². The first kappa shape index (κ1) is 21.2. The minimum atomic E-state index is 0.516. The van der Waals surface area contributed by atoms with E-state index in [-0.39, 0.29) is 0 Å². The van der Waals surface area contributed by atoms with Crippen LogP contribution in [0.2, 0.25) is 0 Å². The Morgan fingerprint density at radius 3 is 2.19 bits per heavy atom. The fourth-order valence-electron chi connectivity index (χ4n) is 3.19. The highest BCUT2D eigenvalue weighted by Gasteiger charge is 2.32. The monoisotopic (exact) mass is 378 g/mol. The standard InChI is InChI=1S/C20H34N4O3/c1-7-21-20(23-13-16(24(2)3)15-8-9-15)22-12-14-10-17(25-4)19(27-6)18(11-14)26-5/h10-11,15-16H,7-9,12-13H2,1-6H3,(H2,21,22,23). The third-order valence-corrected chi connectivity index (χ3v) is 4.80. The van der Waals surface area contributed by atoms with Crippen LogP contribution in [0.5, 0.6) is 17.2 Å². The van der Waals surface area contributed by atoms with Crippen LogP contribution in [0, 0.1) is 5.92 Å². The number of guanidine groups is 1. The smallest absolute Gasteiger partial charge is 0.203 e. The minimum Gasteiger partial charge on any atom is -0.493 e. The summed E-state index contributed by atoms with van der Waals surface area (Å²) in [5, 5.41) is 6.80. The molecule has 7 nitrogen and oxygen atoms in total. The number of nitrogens with one attached hydrogen (secondary N) is 2. The van der Waals surface area contributed by atoms with Crippen molar-refractivity contribution in [2.45, 2.75) is 32.4 Å². The number of hydrogen-bond donors (Lipinski definition) is 2. The maximum Gasteiger partial charge on any atom is 0.203 e. The molecule has 152 valence electrons. The molecule has 0 aliphatic heterocycles. The van der Waals surface area contributed by atoms with E-state index in [2.05, 4.69) is 36.6 Å². The molecule has 0 bridgehead atoms. The lowest BCUT2D eigenvalue weighted by molar-refractivity contribution is 0.264. The molecule has 0 radical (unpaired) electrons. The molecule has 2 rings (SSSR count). The van der Waals surface area contributed by atoms with Gasteiger partial charge in [0.2, 0.25) is 5.75 Å². The normalized spacial score (nSPS) is 15.4. The Balaban J connectivity index is 2.09. The van der Waals surface area contributed by atoms with E-state index in [4.69, 9.17) is 19.2 Å². The van der Waals surface area contributed by atoms with Crippen LogP contribution in [0.3, 0.4) is 0 Å². The van der Waals surface area contributed by atoms with Crippen molar-refractivity contribution < 1.29 is 14.2 Å². The van der Waals surface area contributed by atoms with Gasteiger partial charge in [0, 0.05) is 19.1 Å². The molecule has 1 saturated carbocycles. The van der Waals surface area contributed by atoms with E-state index in [1.54, 1.807) is 21.3 Å². The number of nitrogens with zero attached hydrogens (tertiary/aromatic N) is 2. The van der Waals surface area contributed by atoms with Crippen LogP contribution in [-0.2, 0) is 6.54 Å². The minimum absolute atomic E-state index is 0.516.